The van der Waals surface area contributed by atoms with Gasteiger partial charge in [0.15, 0.2) is 0 Å². The summed E-state index contributed by atoms with van der Waals surface area (Å²) in [4.78, 5) is 0. The van der Waals surface area contributed by atoms with Crippen LogP contribution in [-0.2, 0) is 0 Å². The number of nitrogens with one attached hydrogen (secondary N) is 1. The van der Waals surface area contributed by atoms with Gasteiger partial charge in [-0.3, -0.25) is 0 Å². The molecule has 2 rings (SSSR count). The molecule has 0 aromatic heterocycles. The van der Waals surface area contributed by atoms with Crippen LogP contribution in [0.2, 0.25) is 0 Å². The van der Waals surface area contributed by atoms with E-state index in [2.05, 4.69) is 17.6 Å². The Bertz CT molecular complexity index is 139. The van der Waals surface area contributed by atoms with Crippen LogP contribution in [0.5, 0.6) is 0 Å². The molecule has 0 saturated heterocycles. The third kappa shape index (κ3) is 0.134. The lowest BCUT2D eigenvalue weighted by atomic mass is 10.5. The second kappa shape index (κ2) is 0.535. The Morgan fingerprint density at radius 2 is 2.67 bits per heavy atom. The van der Waals surface area contributed by atoms with Crippen molar-refractivity contribution in [1.82, 2.24) is 5.32 Å². The van der Waals surface area contributed by atoms with Gasteiger partial charge in [-0.05, 0) is 17.2 Å². The molecule has 0 fully saturated rings. The molecular weight excluding hydrogens is 74.1 g/mol. The monoisotopic (exact) mass is 79.0 g/mol. The van der Waals surface area contributed by atoms with E-state index in [9.17, 15) is 0 Å². The Labute approximate surface area is 36.4 Å². The van der Waals surface area contributed by atoms with E-state index < -0.39 is 0 Å². The zero-order valence-corrected chi connectivity index (χ0v) is 3.36. The topological polar surface area (TPSA) is 12.0 Å². The van der Waals surface area contributed by atoms with Crippen LogP contribution in [0, 0.1) is 0 Å². The fourth-order valence-electron chi connectivity index (χ4n) is 0.710. The van der Waals surface area contributed by atoms with E-state index in [0.717, 1.165) is 6.54 Å². The first kappa shape index (κ1) is 2.45. The van der Waals surface area contributed by atoms with Crippen molar-refractivity contribution < 1.29 is 0 Å². The summed E-state index contributed by atoms with van der Waals surface area (Å²) in [5, 5.41) is 3.09. The van der Waals surface area contributed by atoms with Gasteiger partial charge in [0.1, 0.15) is 0 Å². The van der Waals surface area contributed by atoms with Gasteiger partial charge >= 0.3 is 0 Å². The second-order valence-electron chi connectivity index (χ2n) is 1.65. The van der Waals surface area contributed by atoms with Crippen LogP contribution in [0.4, 0.5) is 0 Å². The minimum absolute atomic E-state index is 1.08. The Kier molecular flexibility index (Phi) is 0.219. The van der Waals surface area contributed by atoms with E-state index in [-0.39, 0.29) is 0 Å². The van der Waals surface area contributed by atoms with Crippen molar-refractivity contribution >= 4 is 0 Å². The average Bonchev–Trinajstić information content (AvgIpc) is 2.17. The molecule has 0 atom stereocenters. The lowest BCUT2D eigenvalue weighted by molar-refractivity contribution is 1.01. The first-order valence-electron chi connectivity index (χ1n) is 2.11. The van der Waals surface area contributed by atoms with E-state index in [1.54, 1.807) is 0 Å². The Balaban J connectivity index is 2.46. The molecule has 0 spiro atoms. The lowest BCUT2D eigenvalue weighted by Gasteiger charge is -1.80. The van der Waals surface area contributed by atoms with Crippen molar-refractivity contribution in [2.75, 3.05) is 6.54 Å². The van der Waals surface area contributed by atoms with Crippen LogP contribution >= 0.6 is 0 Å². The Morgan fingerprint density at radius 3 is 2.83 bits per heavy atom. The Morgan fingerprint density at radius 1 is 1.67 bits per heavy atom. The number of hydrogen-bond donors (Lipinski definition) is 1. The average molecular weight is 79.1 g/mol. The predicted molar refractivity (Wildman–Crippen MR) is 24.2 cm³/mol. The van der Waals surface area contributed by atoms with Crippen LogP contribution in [0.25, 0.3) is 0 Å². The van der Waals surface area contributed by atoms with Gasteiger partial charge in [0.2, 0.25) is 0 Å². The summed E-state index contributed by atoms with van der Waals surface area (Å²) in [6, 6.07) is 0. The van der Waals surface area contributed by atoms with Crippen molar-refractivity contribution in [2.24, 2.45) is 0 Å². The summed E-state index contributed by atoms with van der Waals surface area (Å²) in [7, 11) is 0. The zero-order valence-electron chi connectivity index (χ0n) is 3.36. The lowest BCUT2D eigenvalue weighted by Crippen LogP contribution is -1.98. The molecule has 0 unspecified atom stereocenters. The van der Waals surface area contributed by atoms with Gasteiger partial charge in [-0.1, -0.05) is 0 Å². The molecule has 1 nitrogen and oxygen atoms in total. The van der Waals surface area contributed by atoms with Crippen molar-refractivity contribution in [3.8, 4) is 0 Å². The molecule has 6 heavy (non-hydrogen) atoms. The molecule has 0 amide bonds. The first-order chi connectivity index (χ1) is 2.97. The summed E-state index contributed by atoms with van der Waals surface area (Å²) >= 11 is 0. The summed E-state index contributed by atoms with van der Waals surface area (Å²) in [5.41, 5.74) is 2.92. The highest BCUT2D eigenvalue weighted by molar-refractivity contribution is 5.60. The quantitative estimate of drug-likeness (QED) is 0.443. The molecule has 0 aromatic rings. The molecule has 1 heteroatoms. The molecule has 30 valence electrons. The van der Waals surface area contributed by atoms with E-state index in [0.29, 0.717) is 0 Å². The third-order valence-electron chi connectivity index (χ3n) is 1.17. The van der Waals surface area contributed by atoms with E-state index in [1.165, 1.54) is 11.1 Å². The molecular formula is C5H5N. The highest BCUT2D eigenvalue weighted by Crippen LogP contribution is 2.29. The highest BCUT2D eigenvalue weighted by Gasteiger charge is 2.18. The molecule has 1 N–H and O–H groups in total. The zero-order chi connectivity index (χ0) is 3.98. The Hall–Kier alpha value is -0.720. The smallest absolute Gasteiger partial charge is 0.0402 e. The van der Waals surface area contributed by atoms with Gasteiger partial charge in [-0.2, -0.15) is 0 Å². The molecule has 0 radical (unpaired) electrons. The van der Waals surface area contributed by atoms with Crippen molar-refractivity contribution in [3.63, 3.8) is 0 Å². The maximum Gasteiger partial charge on any atom is 0.0402 e. The summed E-state index contributed by atoms with van der Waals surface area (Å²) in [6.07, 6.45) is 4.24. The van der Waals surface area contributed by atoms with Gasteiger partial charge in [-0.25, -0.2) is 0 Å². The fourth-order valence-corrected chi connectivity index (χ4v) is 0.710. The standard InChI is InChI=1S/C5H5N/c1-4-2-6-3-5(1)4/h1-2,6H,3H2. The molecule has 1 aliphatic heterocycles. The summed E-state index contributed by atoms with van der Waals surface area (Å²) < 4.78 is 0. The molecule has 0 saturated carbocycles. The van der Waals surface area contributed by atoms with E-state index in [1.807, 2.05) is 0 Å². The van der Waals surface area contributed by atoms with Crippen LogP contribution in [0.1, 0.15) is 0 Å². The van der Waals surface area contributed by atoms with Crippen LogP contribution in [-0.4, -0.2) is 6.54 Å². The normalized spacial score (nSPS) is 24.0. The molecule has 2 aliphatic rings. The van der Waals surface area contributed by atoms with Gasteiger partial charge in [0.25, 0.3) is 0 Å². The van der Waals surface area contributed by atoms with Crippen LogP contribution in [0.3, 0.4) is 0 Å². The number of hydrogen-bond acceptors (Lipinski definition) is 1. The molecule has 0 aromatic carbocycles. The third-order valence-corrected chi connectivity index (χ3v) is 1.17. The van der Waals surface area contributed by atoms with Crippen LogP contribution in [0.15, 0.2) is 23.4 Å². The minimum atomic E-state index is 1.08. The minimum Gasteiger partial charge on any atom is -0.386 e. The second-order valence-corrected chi connectivity index (χ2v) is 1.65. The van der Waals surface area contributed by atoms with Crippen LogP contribution < -0.4 is 5.32 Å². The number of fused-ring (bicyclic) bond motifs is 1. The summed E-state index contributed by atoms with van der Waals surface area (Å²) in [6.45, 7) is 1.08. The van der Waals surface area contributed by atoms with Gasteiger partial charge in [0.05, 0.1) is 0 Å². The predicted octanol–water partition coefficient (Wildman–Crippen LogP) is 0.413. The maximum absolute atomic E-state index is 3.09. The van der Waals surface area contributed by atoms with Gasteiger partial charge in [0, 0.05) is 12.7 Å². The maximum atomic E-state index is 3.09. The van der Waals surface area contributed by atoms with Crippen molar-refractivity contribution in [1.29, 1.82) is 0 Å². The fraction of sp³-hybridized carbons (Fsp3) is 0.200. The molecule has 1 aliphatic carbocycles. The summed E-state index contributed by atoms with van der Waals surface area (Å²) in [5.74, 6) is 0. The molecule has 1 heterocycles. The molecule has 0 bridgehead atoms. The van der Waals surface area contributed by atoms with E-state index in [4.69, 9.17) is 0 Å². The van der Waals surface area contributed by atoms with Crippen molar-refractivity contribution in [3.05, 3.63) is 23.4 Å². The highest BCUT2D eigenvalue weighted by atomic mass is 14.9. The first-order valence-corrected chi connectivity index (χ1v) is 2.11. The number of rotatable bonds is 0. The van der Waals surface area contributed by atoms with Crippen molar-refractivity contribution in [2.45, 2.75) is 0 Å². The van der Waals surface area contributed by atoms with Gasteiger partial charge < -0.3 is 5.32 Å². The number of allylic oxidation sites excluding steroid dienone is 1. The largest absolute Gasteiger partial charge is 0.386 e. The van der Waals surface area contributed by atoms with Gasteiger partial charge in [-0.15, -0.1) is 0 Å². The number of dihydropyridines is 1. The SMILES string of the molecule is C1=C2C=C2CN1. The van der Waals surface area contributed by atoms with E-state index >= 15 is 0 Å².